The van der Waals surface area contributed by atoms with Crippen LogP contribution >= 0.6 is 11.6 Å². The second-order valence-electron chi connectivity index (χ2n) is 5.00. The molecule has 6 heteroatoms. The monoisotopic (exact) mass is 271 g/mol. The predicted molar refractivity (Wildman–Crippen MR) is 64.3 cm³/mol. The average Bonchev–Trinajstić information content (AvgIpc) is 2.95. The van der Waals surface area contributed by atoms with Gasteiger partial charge in [-0.05, 0) is 25.3 Å². The number of alkyl halides is 2. The average molecular weight is 272 g/mol. The highest BCUT2D eigenvalue weighted by molar-refractivity contribution is 6.29. The van der Waals surface area contributed by atoms with Crippen LogP contribution < -0.4 is 0 Å². The van der Waals surface area contributed by atoms with Crippen molar-refractivity contribution < 1.29 is 8.78 Å². The van der Waals surface area contributed by atoms with Crippen molar-refractivity contribution in [3.05, 3.63) is 28.7 Å². The van der Waals surface area contributed by atoms with Gasteiger partial charge in [0.1, 0.15) is 0 Å². The maximum absolute atomic E-state index is 13.9. The summed E-state index contributed by atoms with van der Waals surface area (Å²) in [7, 11) is 0. The maximum atomic E-state index is 13.9. The Kier molecular flexibility index (Phi) is 2.24. The van der Waals surface area contributed by atoms with Crippen LogP contribution in [0.5, 0.6) is 0 Å². The van der Waals surface area contributed by atoms with Crippen molar-refractivity contribution in [2.75, 3.05) is 0 Å². The highest BCUT2D eigenvalue weighted by atomic mass is 35.5. The maximum Gasteiger partial charge on any atom is 0.256 e. The molecule has 3 nitrogen and oxygen atoms in total. The minimum atomic E-state index is -2.77. The van der Waals surface area contributed by atoms with E-state index in [0.717, 1.165) is 12.5 Å². The van der Waals surface area contributed by atoms with Crippen molar-refractivity contribution >= 4 is 17.2 Å². The van der Waals surface area contributed by atoms with Gasteiger partial charge in [0.2, 0.25) is 0 Å². The van der Waals surface area contributed by atoms with Crippen LogP contribution in [0.1, 0.15) is 31.0 Å². The van der Waals surface area contributed by atoms with Gasteiger partial charge < -0.3 is 0 Å². The first-order valence-electron chi connectivity index (χ1n) is 5.74. The zero-order chi connectivity index (χ0) is 13.1. The Bertz CT molecular complexity index is 626. The first-order valence-corrected chi connectivity index (χ1v) is 6.12. The Morgan fingerprint density at radius 2 is 2.11 bits per heavy atom. The summed E-state index contributed by atoms with van der Waals surface area (Å²) in [6.07, 6.45) is 2.54. The zero-order valence-corrected chi connectivity index (χ0v) is 10.8. The van der Waals surface area contributed by atoms with Crippen LogP contribution in [0, 0.1) is 6.92 Å². The fourth-order valence-electron chi connectivity index (χ4n) is 2.58. The number of fused-ring (bicyclic) bond motifs is 1. The van der Waals surface area contributed by atoms with E-state index in [4.69, 9.17) is 11.6 Å². The van der Waals surface area contributed by atoms with Gasteiger partial charge in [0, 0.05) is 19.2 Å². The molecule has 1 aliphatic rings. The molecule has 0 atom stereocenters. The third-order valence-corrected chi connectivity index (χ3v) is 3.86. The van der Waals surface area contributed by atoms with Crippen molar-refractivity contribution in [2.45, 2.75) is 38.0 Å². The normalized spacial score (nSPS) is 18.3. The summed E-state index contributed by atoms with van der Waals surface area (Å²) in [4.78, 5) is 4.16. The summed E-state index contributed by atoms with van der Waals surface area (Å²) in [6.45, 7) is 2.75. The molecule has 2 aromatic rings. The Hall–Kier alpha value is -1.23. The molecular formula is C12H12ClF2N3. The van der Waals surface area contributed by atoms with Gasteiger partial charge in [0.05, 0.1) is 11.1 Å². The molecule has 3 rings (SSSR count). The summed E-state index contributed by atoms with van der Waals surface area (Å²) in [6, 6.07) is 1.58. The highest BCUT2D eigenvalue weighted by Gasteiger charge is 2.62. The minimum Gasteiger partial charge on any atom is -0.237 e. The SMILES string of the molecule is Cc1cnc2cc(Cl)nn2c1C1(C(C)(F)F)CC1. The van der Waals surface area contributed by atoms with E-state index in [1.165, 1.54) is 4.52 Å². The van der Waals surface area contributed by atoms with Crippen LogP contribution in [0.2, 0.25) is 5.15 Å². The molecule has 0 unspecified atom stereocenters. The molecule has 0 aliphatic heterocycles. The van der Waals surface area contributed by atoms with Gasteiger partial charge in [0.25, 0.3) is 5.92 Å². The number of hydrogen-bond donors (Lipinski definition) is 0. The van der Waals surface area contributed by atoms with E-state index in [1.54, 1.807) is 19.2 Å². The van der Waals surface area contributed by atoms with Crippen LogP contribution in [0.3, 0.4) is 0 Å². The zero-order valence-electron chi connectivity index (χ0n) is 10.0. The second-order valence-corrected chi connectivity index (χ2v) is 5.38. The molecule has 0 spiro atoms. The molecular weight excluding hydrogens is 260 g/mol. The molecule has 2 heterocycles. The molecule has 0 radical (unpaired) electrons. The first-order chi connectivity index (χ1) is 8.35. The smallest absolute Gasteiger partial charge is 0.237 e. The van der Waals surface area contributed by atoms with Crippen LogP contribution in [0.4, 0.5) is 8.78 Å². The Balaban J connectivity index is 2.32. The molecule has 1 saturated carbocycles. The second kappa shape index (κ2) is 3.41. The Morgan fingerprint density at radius 3 is 2.67 bits per heavy atom. The Morgan fingerprint density at radius 1 is 1.44 bits per heavy atom. The Labute approximate surface area is 108 Å². The molecule has 1 fully saturated rings. The van der Waals surface area contributed by atoms with Gasteiger partial charge in [-0.3, -0.25) is 0 Å². The summed E-state index contributed by atoms with van der Waals surface area (Å²) >= 11 is 5.83. The number of rotatable bonds is 2. The largest absolute Gasteiger partial charge is 0.256 e. The van der Waals surface area contributed by atoms with Crippen LogP contribution in [0.15, 0.2) is 12.3 Å². The molecule has 0 amide bonds. The van der Waals surface area contributed by atoms with E-state index in [9.17, 15) is 8.78 Å². The van der Waals surface area contributed by atoms with Crippen molar-refractivity contribution in [3.63, 3.8) is 0 Å². The van der Waals surface area contributed by atoms with Crippen molar-refractivity contribution in [2.24, 2.45) is 0 Å². The molecule has 0 bridgehead atoms. The van der Waals surface area contributed by atoms with Gasteiger partial charge in [-0.25, -0.2) is 18.3 Å². The quantitative estimate of drug-likeness (QED) is 0.838. The lowest BCUT2D eigenvalue weighted by molar-refractivity contribution is -0.0223. The molecule has 96 valence electrons. The summed E-state index contributed by atoms with van der Waals surface area (Å²) < 4.78 is 29.2. The van der Waals surface area contributed by atoms with Gasteiger partial charge in [-0.1, -0.05) is 11.6 Å². The predicted octanol–water partition coefficient (Wildman–Crippen LogP) is 3.38. The third-order valence-electron chi connectivity index (χ3n) is 3.68. The van der Waals surface area contributed by atoms with E-state index >= 15 is 0 Å². The fraction of sp³-hybridized carbons (Fsp3) is 0.500. The first kappa shape index (κ1) is 11.8. The molecule has 0 saturated heterocycles. The summed E-state index contributed by atoms with van der Waals surface area (Å²) in [5.74, 6) is -2.77. The van der Waals surface area contributed by atoms with E-state index < -0.39 is 11.3 Å². The topological polar surface area (TPSA) is 30.2 Å². The molecule has 0 aromatic carbocycles. The minimum absolute atomic E-state index is 0.268. The lowest BCUT2D eigenvalue weighted by Crippen LogP contribution is -2.33. The highest BCUT2D eigenvalue weighted by Crippen LogP contribution is 2.58. The standard InChI is InChI=1S/C12H12ClF2N3/c1-7-6-16-9-5-8(13)17-18(9)10(7)12(3-4-12)11(2,14)15/h5-6H,3-4H2,1-2H3. The third kappa shape index (κ3) is 1.46. The van der Waals surface area contributed by atoms with E-state index in [-0.39, 0.29) is 5.15 Å². The van der Waals surface area contributed by atoms with Gasteiger partial charge in [-0.2, -0.15) is 5.10 Å². The van der Waals surface area contributed by atoms with Crippen LogP contribution in [-0.4, -0.2) is 20.5 Å². The van der Waals surface area contributed by atoms with Gasteiger partial charge >= 0.3 is 0 Å². The lowest BCUT2D eigenvalue weighted by atomic mass is 9.92. The van der Waals surface area contributed by atoms with Gasteiger partial charge in [0.15, 0.2) is 10.8 Å². The molecule has 0 N–H and O–H groups in total. The number of hydrogen-bond acceptors (Lipinski definition) is 2. The van der Waals surface area contributed by atoms with Crippen LogP contribution in [0.25, 0.3) is 5.65 Å². The van der Waals surface area contributed by atoms with Crippen molar-refractivity contribution in [3.8, 4) is 0 Å². The fourth-order valence-corrected chi connectivity index (χ4v) is 2.75. The summed E-state index contributed by atoms with van der Waals surface area (Å²) in [5.41, 5.74) is 0.650. The summed E-state index contributed by atoms with van der Waals surface area (Å²) in [5, 5.41) is 4.35. The number of halogens is 3. The molecule has 1 aliphatic carbocycles. The van der Waals surface area contributed by atoms with Crippen LogP contribution in [-0.2, 0) is 5.41 Å². The lowest BCUT2D eigenvalue weighted by Gasteiger charge is -2.25. The van der Waals surface area contributed by atoms with Crippen molar-refractivity contribution in [1.29, 1.82) is 0 Å². The van der Waals surface area contributed by atoms with Gasteiger partial charge in [-0.15, -0.1) is 0 Å². The molecule has 18 heavy (non-hydrogen) atoms. The number of aryl methyl sites for hydroxylation is 1. The van der Waals surface area contributed by atoms with E-state index in [1.807, 2.05) is 0 Å². The van der Waals surface area contributed by atoms with E-state index in [2.05, 4.69) is 10.1 Å². The molecule has 2 aromatic heterocycles. The number of nitrogens with zero attached hydrogens (tertiary/aromatic N) is 3. The van der Waals surface area contributed by atoms with Crippen molar-refractivity contribution in [1.82, 2.24) is 14.6 Å². The number of aromatic nitrogens is 3. The van der Waals surface area contributed by atoms with E-state index in [0.29, 0.717) is 24.2 Å².